The van der Waals surface area contributed by atoms with Crippen LogP contribution in [0.4, 0.5) is 0 Å². The van der Waals surface area contributed by atoms with Gasteiger partial charge >= 0.3 is 0 Å². The molecule has 124 valence electrons. The number of hydrogen-bond acceptors (Lipinski definition) is 3. The van der Waals surface area contributed by atoms with E-state index in [9.17, 15) is 9.59 Å². The lowest BCUT2D eigenvalue weighted by Gasteiger charge is -2.38. The molecule has 0 spiro atoms. The summed E-state index contributed by atoms with van der Waals surface area (Å²) >= 11 is 0. The van der Waals surface area contributed by atoms with Crippen molar-refractivity contribution in [2.24, 2.45) is 0 Å². The van der Waals surface area contributed by atoms with Gasteiger partial charge in [0.25, 0.3) is 0 Å². The van der Waals surface area contributed by atoms with E-state index in [1.165, 1.54) is 38.5 Å². The molecule has 3 aliphatic rings. The Morgan fingerprint density at radius 1 is 0.909 bits per heavy atom. The maximum absolute atomic E-state index is 12.5. The van der Waals surface area contributed by atoms with Gasteiger partial charge in [0.1, 0.15) is 0 Å². The lowest BCUT2D eigenvalue weighted by atomic mass is 10.1. The summed E-state index contributed by atoms with van der Waals surface area (Å²) in [6, 6.07) is 0.440. The van der Waals surface area contributed by atoms with Crippen LogP contribution in [0.25, 0.3) is 0 Å². The molecule has 3 fully saturated rings. The van der Waals surface area contributed by atoms with E-state index in [1.54, 1.807) is 4.90 Å². The standard InChI is InChI=1S/C17H29N3O2/c21-16(13-18-9-5-1-2-6-10-18)19-11-12-20(17(22)14-19)15-7-3-4-8-15/h15H,1-14H2. The predicted octanol–water partition coefficient (Wildman–Crippen LogP) is 1.48. The van der Waals surface area contributed by atoms with Gasteiger partial charge in [-0.3, -0.25) is 14.5 Å². The summed E-state index contributed by atoms with van der Waals surface area (Å²) in [6.45, 7) is 4.30. The Labute approximate surface area is 133 Å². The van der Waals surface area contributed by atoms with Crippen LogP contribution in [0.2, 0.25) is 0 Å². The van der Waals surface area contributed by atoms with Crippen LogP contribution in [-0.2, 0) is 9.59 Å². The molecule has 0 aromatic rings. The molecule has 0 radical (unpaired) electrons. The molecule has 0 N–H and O–H groups in total. The second kappa shape index (κ2) is 7.44. The summed E-state index contributed by atoms with van der Waals surface area (Å²) in [7, 11) is 0. The maximum atomic E-state index is 12.5. The van der Waals surface area contributed by atoms with Gasteiger partial charge in [0.15, 0.2) is 0 Å². The topological polar surface area (TPSA) is 43.9 Å². The van der Waals surface area contributed by atoms with Crippen molar-refractivity contribution in [3.05, 3.63) is 0 Å². The summed E-state index contributed by atoms with van der Waals surface area (Å²) in [6.07, 6.45) is 9.73. The molecule has 2 heterocycles. The van der Waals surface area contributed by atoms with Crippen LogP contribution < -0.4 is 0 Å². The van der Waals surface area contributed by atoms with Crippen LogP contribution >= 0.6 is 0 Å². The fraction of sp³-hybridized carbons (Fsp3) is 0.882. The molecule has 2 amide bonds. The van der Waals surface area contributed by atoms with Crippen LogP contribution in [0.3, 0.4) is 0 Å². The first-order chi connectivity index (χ1) is 10.7. The summed E-state index contributed by atoms with van der Waals surface area (Å²) in [5.74, 6) is 0.295. The Hall–Kier alpha value is -1.10. The quantitative estimate of drug-likeness (QED) is 0.793. The van der Waals surface area contributed by atoms with E-state index in [1.807, 2.05) is 4.90 Å². The number of carbonyl (C=O) groups excluding carboxylic acids is 2. The summed E-state index contributed by atoms with van der Waals surface area (Å²) in [5.41, 5.74) is 0. The van der Waals surface area contributed by atoms with Gasteiger partial charge in [-0.05, 0) is 38.8 Å². The minimum atomic E-state index is 0.140. The second-order valence-electron chi connectivity index (χ2n) is 7.03. The Morgan fingerprint density at radius 3 is 2.23 bits per heavy atom. The zero-order valence-electron chi connectivity index (χ0n) is 13.6. The van der Waals surface area contributed by atoms with Crippen molar-refractivity contribution in [3.8, 4) is 0 Å². The highest BCUT2D eigenvalue weighted by atomic mass is 16.2. The molecule has 3 rings (SSSR count). The molecule has 22 heavy (non-hydrogen) atoms. The van der Waals surface area contributed by atoms with Crippen molar-refractivity contribution in [1.29, 1.82) is 0 Å². The van der Waals surface area contributed by atoms with Crippen molar-refractivity contribution in [1.82, 2.24) is 14.7 Å². The molecular formula is C17H29N3O2. The Morgan fingerprint density at radius 2 is 1.59 bits per heavy atom. The lowest BCUT2D eigenvalue weighted by molar-refractivity contribution is -0.147. The Balaban J connectivity index is 1.48. The molecule has 1 aliphatic carbocycles. The number of nitrogens with zero attached hydrogens (tertiary/aromatic N) is 3. The third kappa shape index (κ3) is 3.80. The molecule has 2 saturated heterocycles. The van der Waals surface area contributed by atoms with E-state index in [0.29, 0.717) is 19.1 Å². The highest BCUT2D eigenvalue weighted by Crippen LogP contribution is 2.24. The van der Waals surface area contributed by atoms with Gasteiger partial charge in [-0.15, -0.1) is 0 Å². The van der Waals surface area contributed by atoms with Gasteiger partial charge in [0.05, 0.1) is 13.1 Å². The molecule has 0 bridgehead atoms. The predicted molar refractivity (Wildman–Crippen MR) is 85.5 cm³/mol. The van der Waals surface area contributed by atoms with E-state index in [-0.39, 0.29) is 11.8 Å². The van der Waals surface area contributed by atoms with E-state index >= 15 is 0 Å². The Bertz CT molecular complexity index is 399. The average Bonchev–Trinajstić information content (AvgIpc) is 2.92. The molecule has 5 nitrogen and oxygen atoms in total. The SMILES string of the molecule is O=C(CN1CCCCCC1)N1CCN(C2CCCC2)C(=O)C1. The lowest BCUT2D eigenvalue weighted by Crippen LogP contribution is -2.56. The van der Waals surface area contributed by atoms with Crippen molar-refractivity contribution in [2.45, 2.75) is 57.4 Å². The second-order valence-corrected chi connectivity index (χ2v) is 7.03. The fourth-order valence-corrected chi connectivity index (χ4v) is 4.09. The molecule has 0 atom stereocenters. The van der Waals surface area contributed by atoms with Gasteiger partial charge in [0.2, 0.25) is 11.8 Å². The van der Waals surface area contributed by atoms with Gasteiger partial charge in [-0.2, -0.15) is 0 Å². The number of amides is 2. The first kappa shape index (κ1) is 15.8. The van der Waals surface area contributed by atoms with Crippen molar-refractivity contribution in [2.75, 3.05) is 39.3 Å². The largest absolute Gasteiger partial charge is 0.336 e. The van der Waals surface area contributed by atoms with E-state index in [4.69, 9.17) is 0 Å². The molecule has 0 unspecified atom stereocenters. The Kier molecular flexibility index (Phi) is 5.34. The fourth-order valence-electron chi connectivity index (χ4n) is 4.09. The highest BCUT2D eigenvalue weighted by molar-refractivity contribution is 5.87. The number of hydrogen-bond donors (Lipinski definition) is 0. The van der Waals surface area contributed by atoms with Gasteiger partial charge < -0.3 is 9.80 Å². The zero-order valence-corrected chi connectivity index (χ0v) is 13.6. The smallest absolute Gasteiger partial charge is 0.242 e. The van der Waals surface area contributed by atoms with E-state index in [2.05, 4.69) is 4.90 Å². The number of rotatable bonds is 3. The first-order valence-electron chi connectivity index (χ1n) is 9.03. The normalized spacial score (nSPS) is 25.5. The van der Waals surface area contributed by atoms with E-state index in [0.717, 1.165) is 39.0 Å². The summed E-state index contributed by atoms with van der Waals surface area (Å²) in [4.78, 5) is 30.9. The van der Waals surface area contributed by atoms with Crippen LogP contribution in [0, 0.1) is 0 Å². The summed E-state index contributed by atoms with van der Waals surface area (Å²) < 4.78 is 0. The third-order valence-corrected chi connectivity index (χ3v) is 5.43. The number of carbonyl (C=O) groups is 2. The molecule has 1 saturated carbocycles. The minimum Gasteiger partial charge on any atom is -0.336 e. The molecular weight excluding hydrogens is 278 g/mol. The first-order valence-corrected chi connectivity index (χ1v) is 9.03. The van der Waals surface area contributed by atoms with Gasteiger partial charge in [-0.1, -0.05) is 25.7 Å². The van der Waals surface area contributed by atoms with Crippen LogP contribution in [0.1, 0.15) is 51.4 Å². The van der Waals surface area contributed by atoms with Crippen LogP contribution in [0.5, 0.6) is 0 Å². The van der Waals surface area contributed by atoms with Crippen molar-refractivity contribution in [3.63, 3.8) is 0 Å². The highest BCUT2D eigenvalue weighted by Gasteiger charge is 2.33. The van der Waals surface area contributed by atoms with Crippen LogP contribution in [0.15, 0.2) is 0 Å². The summed E-state index contributed by atoms with van der Waals surface area (Å²) in [5, 5.41) is 0. The molecule has 2 aliphatic heterocycles. The monoisotopic (exact) mass is 307 g/mol. The van der Waals surface area contributed by atoms with Crippen LogP contribution in [-0.4, -0.2) is 71.8 Å². The van der Waals surface area contributed by atoms with E-state index < -0.39 is 0 Å². The minimum absolute atomic E-state index is 0.140. The molecule has 5 heteroatoms. The van der Waals surface area contributed by atoms with Gasteiger partial charge in [-0.25, -0.2) is 0 Å². The van der Waals surface area contributed by atoms with Gasteiger partial charge in [0, 0.05) is 19.1 Å². The number of piperazine rings is 1. The zero-order chi connectivity index (χ0) is 15.4. The van der Waals surface area contributed by atoms with Crippen molar-refractivity contribution < 1.29 is 9.59 Å². The molecule has 0 aromatic carbocycles. The number of likely N-dealkylation sites (tertiary alicyclic amines) is 1. The molecule has 0 aromatic heterocycles. The maximum Gasteiger partial charge on any atom is 0.242 e. The third-order valence-electron chi connectivity index (χ3n) is 5.43. The average molecular weight is 307 g/mol. The van der Waals surface area contributed by atoms with Crippen molar-refractivity contribution >= 4 is 11.8 Å².